The molecule has 1 aromatic carbocycles. The number of nitrogens with one attached hydrogen (secondary N) is 1. The number of hydrogen-bond donors (Lipinski definition) is 1. The van der Waals surface area contributed by atoms with Crippen molar-refractivity contribution in [3.8, 4) is 11.4 Å². The van der Waals surface area contributed by atoms with Crippen LogP contribution in [-0.4, -0.2) is 64.6 Å². The predicted octanol–water partition coefficient (Wildman–Crippen LogP) is 3.00. The van der Waals surface area contributed by atoms with Gasteiger partial charge in [-0.3, -0.25) is 4.79 Å². The maximum Gasteiger partial charge on any atom is 0.317 e. The van der Waals surface area contributed by atoms with Crippen molar-refractivity contribution in [3.63, 3.8) is 0 Å². The first-order valence-electron chi connectivity index (χ1n) is 9.96. The summed E-state index contributed by atoms with van der Waals surface area (Å²) >= 11 is 5.89. The van der Waals surface area contributed by atoms with Gasteiger partial charge in [-0.2, -0.15) is 4.98 Å². The molecule has 1 saturated heterocycles. The first kappa shape index (κ1) is 20.9. The number of carbonyl (C=O) groups is 2. The molecule has 0 spiro atoms. The summed E-state index contributed by atoms with van der Waals surface area (Å²) in [6.45, 7) is 4.00. The lowest BCUT2D eigenvalue weighted by atomic mass is 10.2. The van der Waals surface area contributed by atoms with Crippen molar-refractivity contribution in [2.75, 3.05) is 32.7 Å². The molecule has 0 unspecified atom stereocenters. The van der Waals surface area contributed by atoms with Gasteiger partial charge in [0.1, 0.15) is 5.76 Å². The Bertz CT molecular complexity index is 1050. The van der Waals surface area contributed by atoms with Crippen LogP contribution in [0.5, 0.6) is 0 Å². The highest BCUT2D eigenvalue weighted by Gasteiger charge is 2.26. The minimum atomic E-state index is -0.182. The average Bonchev–Trinajstić information content (AvgIpc) is 3.43. The van der Waals surface area contributed by atoms with E-state index in [1.807, 2.05) is 12.1 Å². The number of hydrogen-bond acceptors (Lipinski definition) is 6. The molecule has 9 nitrogen and oxygen atoms in total. The summed E-state index contributed by atoms with van der Waals surface area (Å²) in [6, 6.07) is 10.4. The molecular formula is C21H22ClN5O4. The van der Waals surface area contributed by atoms with Crippen molar-refractivity contribution >= 4 is 23.5 Å². The Morgan fingerprint density at radius 1 is 1.06 bits per heavy atom. The summed E-state index contributed by atoms with van der Waals surface area (Å²) in [7, 11) is 0. The topological polar surface area (TPSA) is 105 Å². The number of furan rings is 1. The Morgan fingerprint density at radius 3 is 2.45 bits per heavy atom. The Kier molecular flexibility index (Phi) is 6.22. The zero-order valence-electron chi connectivity index (χ0n) is 17.0. The lowest BCUT2D eigenvalue weighted by Gasteiger charge is -2.34. The molecule has 2 aromatic heterocycles. The molecule has 1 N–H and O–H groups in total. The number of halogens is 1. The van der Waals surface area contributed by atoms with Crippen molar-refractivity contribution in [1.29, 1.82) is 0 Å². The van der Waals surface area contributed by atoms with Gasteiger partial charge in [-0.25, -0.2) is 4.79 Å². The van der Waals surface area contributed by atoms with Crippen LogP contribution in [0.25, 0.3) is 11.4 Å². The second-order valence-corrected chi connectivity index (χ2v) is 7.63. The van der Waals surface area contributed by atoms with Gasteiger partial charge in [0.15, 0.2) is 5.76 Å². The first-order valence-corrected chi connectivity index (χ1v) is 10.3. The van der Waals surface area contributed by atoms with Crippen LogP contribution in [0.3, 0.4) is 0 Å². The number of rotatable bonds is 5. The van der Waals surface area contributed by atoms with E-state index in [2.05, 4.69) is 15.5 Å². The average molecular weight is 444 g/mol. The highest BCUT2D eigenvalue weighted by atomic mass is 35.5. The second kappa shape index (κ2) is 9.22. The molecule has 0 bridgehead atoms. The standard InChI is InChI=1S/C21H22ClN5O4/c1-14-2-7-17(30-14)20(28)26-10-12-27(13-11-26)21(29)23-9-8-18-24-19(25-31-18)15-3-5-16(22)6-4-15/h2-7H,8-13H2,1H3,(H,23,29). The third-order valence-corrected chi connectivity index (χ3v) is 5.24. The van der Waals surface area contributed by atoms with Crippen molar-refractivity contribution in [3.05, 3.63) is 58.8 Å². The van der Waals surface area contributed by atoms with E-state index in [0.29, 0.717) is 67.4 Å². The van der Waals surface area contributed by atoms with Crippen LogP contribution in [0.4, 0.5) is 4.79 Å². The maximum absolute atomic E-state index is 12.4. The fourth-order valence-electron chi connectivity index (χ4n) is 3.28. The fraction of sp³-hybridized carbons (Fsp3) is 0.333. The Labute approximate surface area is 183 Å². The molecule has 0 aliphatic carbocycles. The third kappa shape index (κ3) is 5.05. The lowest BCUT2D eigenvalue weighted by molar-refractivity contribution is 0.0633. The molecule has 1 aliphatic rings. The summed E-state index contributed by atoms with van der Waals surface area (Å²) < 4.78 is 10.6. The van der Waals surface area contributed by atoms with Crippen LogP contribution in [0, 0.1) is 6.92 Å². The number of urea groups is 1. The Hall–Kier alpha value is -3.33. The van der Waals surface area contributed by atoms with Crippen LogP contribution in [0.2, 0.25) is 5.02 Å². The van der Waals surface area contributed by atoms with Gasteiger partial charge in [0.2, 0.25) is 11.7 Å². The molecule has 3 aromatic rings. The molecule has 0 saturated carbocycles. The summed E-state index contributed by atoms with van der Waals surface area (Å²) in [4.78, 5) is 32.6. The van der Waals surface area contributed by atoms with Crippen LogP contribution in [0.1, 0.15) is 22.2 Å². The van der Waals surface area contributed by atoms with E-state index in [1.54, 1.807) is 41.0 Å². The van der Waals surface area contributed by atoms with Crippen molar-refractivity contribution < 1.29 is 18.5 Å². The molecule has 1 aliphatic heterocycles. The molecule has 4 rings (SSSR count). The van der Waals surface area contributed by atoms with E-state index in [4.69, 9.17) is 20.5 Å². The number of benzene rings is 1. The Balaban J connectivity index is 1.21. The summed E-state index contributed by atoms with van der Waals surface area (Å²) in [6.07, 6.45) is 0.419. The largest absolute Gasteiger partial charge is 0.456 e. The van der Waals surface area contributed by atoms with Crippen LogP contribution >= 0.6 is 11.6 Å². The molecule has 10 heteroatoms. The predicted molar refractivity (Wildman–Crippen MR) is 113 cm³/mol. The monoisotopic (exact) mass is 443 g/mol. The fourth-order valence-corrected chi connectivity index (χ4v) is 3.40. The van der Waals surface area contributed by atoms with Gasteiger partial charge >= 0.3 is 6.03 Å². The molecule has 0 radical (unpaired) electrons. The number of aryl methyl sites for hydroxylation is 1. The van der Waals surface area contributed by atoms with Crippen molar-refractivity contribution in [2.45, 2.75) is 13.3 Å². The zero-order chi connectivity index (χ0) is 21.8. The molecular weight excluding hydrogens is 422 g/mol. The minimum Gasteiger partial charge on any atom is -0.456 e. The molecule has 1 fully saturated rings. The first-order chi connectivity index (χ1) is 15.0. The van der Waals surface area contributed by atoms with Gasteiger partial charge in [-0.1, -0.05) is 16.8 Å². The third-order valence-electron chi connectivity index (χ3n) is 4.99. The summed E-state index contributed by atoms with van der Waals surface area (Å²) in [5.74, 6) is 1.79. The van der Waals surface area contributed by atoms with Crippen LogP contribution in [-0.2, 0) is 6.42 Å². The number of aromatic nitrogens is 2. The number of amides is 3. The van der Waals surface area contributed by atoms with Crippen LogP contribution in [0.15, 0.2) is 45.3 Å². The number of carbonyl (C=O) groups excluding carboxylic acids is 2. The quantitative estimate of drug-likeness (QED) is 0.650. The van der Waals surface area contributed by atoms with E-state index in [0.717, 1.165) is 5.56 Å². The molecule has 31 heavy (non-hydrogen) atoms. The highest BCUT2D eigenvalue weighted by Crippen LogP contribution is 2.18. The van der Waals surface area contributed by atoms with Gasteiger partial charge in [0, 0.05) is 49.7 Å². The molecule has 162 valence electrons. The van der Waals surface area contributed by atoms with E-state index >= 15 is 0 Å². The summed E-state index contributed by atoms with van der Waals surface area (Å²) in [5, 5.41) is 7.45. The van der Waals surface area contributed by atoms with Gasteiger partial charge in [0.05, 0.1) is 0 Å². The Morgan fingerprint density at radius 2 is 1.77 bits per heavy atom. The van der Waals surface area contributed by atoms with Gasteiger partial charge in [0.25, 0.3) is 5.91 Å². The van der Waals surface area contributed by atoms with E-state index in [9.17, 15) is 9.59 Å². The highest BCUT2D eigenvalue weighted by molar-refractivity contribution is 6.30. The molecule has 3 amide bonds. The van der Waals surface area contributed by atoms with Crippen molar-refractivity contribution in [2.24, 2.45) is 0 Å². The summed E-state index contributed by atoms with van der Waals surface area (Å²) in [5.41, 5.74) is 0.806. The normalized spacial score (nSPS) is 14.0. The van der Waals surface area contributed by atoms with Gasteiger partial charge < -0.3 is 24.1 Å². The van der Waals surface area contributed by atoms with Gasteiger partial charge in [-0.15, -0.1) is 0 Å². The SMILES string of the molecule is Cc1ccc(C(=O)N2CCN(C(=O)NCCc3nc(-c4ccc(Cl)cc4)no3)CC2)o1. The number of nitrogens with zero attached hydrogens (tertiary/aromatic N) is 4. The zero-order valence-corrected chi connectivity index (χ0v) is 17.8. The van der Waals surface area contributed by atoms with Gasteiger partial charge in [-0.05, 0) is 43.3 Å². The smallest absolute Gasteiger partial charge is 0.317 e. The molecule has 3 heterocycles. The number of piperazine rings is 1. The lowest BCUT2D eigenvalue weighted by Crippen LogP contribution is -2.53. The molecule has 0 atom stereocenters. The van der Waals surface area contributed by atoms with E-state index in [-0.39, 0.29) is 11.9 Å². The second-order valence-electron chi connectivity index (χ2n) is 7.19. The maximum atomic E-state index is 12.4. The van der Waals surface area contributed by atoms with E-state index < -0.39 is 0 Å². The van der Waals surface area contributed by atoms with Crippen LogP contribution < -0.4 is 5.32 Å². The van der Waals surface area contributed by atoms with Crippen molar-refractivity contribution in [1.82, 2.24) is 25.3 Å². The van der Waals surface area contributed by atoms with E-state index in [1.165, 1.54) is 0 Å². The minimum absolute atomic E-state index is 0.152.